The Bertz CT molecular complexity index is 463. The minimum absolute atomic E-state index is 0.418. The lowest BCUT2D eigenvalue weighted by Gasteiger charge is -2.11. The molecule has 2 heterocycles. The molecule has 1 aromatic heterocycles. The third-order valence-electron chi connectivity index (χ3n) is 2.92. The van der Waals surface area contributed by atoms with Gasteiger partial charge < -0.3 is 0 Å². The van der Waals surface area contributed by atoms with Crippen molar-refractivity contribution in [2.24, 2.45) is 0 Å². The van der Waals surface area contributed by atoms with E-state index in [9.17, 15) is 0 Å². The average Bonchev–Trinajstić information content (AvgIpc) is 2.78. The third kappa shape index (κ3) is 1.42. The molecular weight excluding hydrogens is 252 g/mol. The molecule has 0 fully saturated rings. The van der Waals surface area contributed by atoms with E-state index in [1.165, 1.54) is 5.56 Å². The first-order chi connectivity index (χ1) is 7.36. The van der Waals surface area contributed by atoms with Crippen molar-refractivity contribution in [3.8, 4) is 0 Å². The van der Waals surface area contributed by atoms with E-state index in [1.807, 2.05) is 0 Å². The van der Waals surface area contributed by atoms with Crippen molar-refractivity contribution in [3.63, 3.8) is 0 Å². The minimum Gasteiger partial charge on any atom is -0.152 e. The van der Waals surface area contributed by atoms with Crippen LogP contribution in [0.15, 0.2) is 48.8 Å². The molecule has 2 atom stereocenters. The van der Waals surface area contributed by atoms with Crippen LogP contribution in [0.2, 0.25) is 0 Å². The summed E-state index contributed by atoms with van der Waals surface area (Å²) in [6, 6.07) is 13.1. The molecule has 0 radical (unpaired) electrons. The number of halogens is 1. The highest BCUT2D eigenvalue weighted by Gasteiger charge is 2.37. The highest BCUT2D eigenvalue weighted by molar-refractivity contribution is 9.09. The van der Waals surface area contributed by atoms with Gasteiger partial charge in [0.05, 0.1) is 6.20 Å². The second kappa shape index (κ2) is 3.49. The van der Waals surface area contributed by atoms with Crippen molar-refractivity contribution in [1.82, 2.24) is 4.68 Å². The van der Waals surface area contributed by atoms with Gasteiger partial charge in [-0.2, -0.15) is 4.68 Å². The topological polar surface area (TPSA) is 8.81 Å². The van der Waals surface area contributed by atoms with Crippen molar-refractivity contribution in [1.29, 1.82) is 0 Å². The van der Waals surface area contributed by atoms with Gasteiger partial charge >= 0.3 is 0 Å². The van der Waals surface area contributed by atoms with E-state index in [2.05, 4.69) is 74.1 Å². The van der Waals surface area contributed by atoms with Crippen LogP contribution in [0.25, 0.3) is 0 Å². The van der Waals surface area contributed by atoms with Crippen molar-refractivity contribution in [2.75, 3.05) is 0 Å². The van der Waals surface area contributed by atoms with Gasteiger partial charge in [0.15, 0.2) is 12.7 Å². The van der Waals surface area contributed by atoms with Crippen molar-refractivity contribution in [3.05, 3.63) is 54.4 Å². The summed E-state index contributed by atoms with van der Waals surface area (Å²) in [7, 11) is 0. The largest absolute Gasteiger partial charge is 0.195 e. The predicted molar refractivity (Wildman–Crippen MR) is 61.9 cm³/mol. The van der Waals surface area contributed by atoms with E-state index in [0.717, 1.165) is 6.54 Å². The zero-order valence-electron chi connectivity index (χ0n) is 8.25. The molecule has 3 heteroatoms. The smallest absolute Gasteiger partial charge is 0.152 e. The molecule has 0 amide bonds. The molecule has 15 heavy (non-hydrogen) atoms. The first-order valence-electron chi connectivity index (χ1n) is 5.12. The molecule has 0 saturated heterocycles. The summed E-state index contributed by atoms with van der Waals surface area (Å²) < 4.78 is 4.53. The molecule has 2 aromatic rings. The first kappa shape index (κ1) is 9.16. The molecule has 0 N–H and O–H groups in total. The van der Waals surface area contributed by atoms with Crippen molar-refractivity contribution in [2.45, 2.75) is 17.4 Å². The number of aromatic nitrogens is 2. The SMILES string of the molecule is BrC1C[n+]2cccn2C1c1ccccc1. The number of rotatable bonds is 1. The summed E-state index contributed by atoms with van der Waals surface area (Å²) in [5.41, 5.74) is 1.36. The molecule has 0 bridgehead atoms. The van der Waals surface area contributed by atoms with Gasteiger partial charge in [-0.15, -0.1) is 4.68 Å². The van der Waals surface area contributed by atoms with Crippen LogP contribution in [0.1, 0.15) is 11.6 Å². The molecule has 1 aliphatic rings. The van der Waals surface area contributed by atoms with Gasteiger partial charge in [0.25, 0.3) is 0 Å². The monoisotopic (exact) mass is 263 g/mol. The summed E-state index contributed by atoms with van der Waals surface area (Å²) in [6.45, 7) is 1.03. The number of hydrogen-bond acceptors (Lipinski definition) is 0. The minimum atomic E-state index is 0.418. The molecule has 0 saturated carbocycles. The summed E-state index contributed by atoms with van der Waals surface area (Å²) in [6.07, 6.45) is 4.26. The number of benzene rings is 1. The van der Waals surface area contributed by atoms with Crippen molar-refractivity contribution < 1.29 is 4.68 Å². The molecule has 76 valence electrons. The Kier molecular flexibility index (Phi) is 2.13. The summed E-state index contributed by atoms with van der Waals surface area (Å²) in [5, 5.41) is 0. The second-order valence-electron chi connectivity index (χ2n) is 3.86. The normalized spacial score (nSPS) is 24.1. The first-order valence-corrected chi connectivity index (χ1v) is 6.03. The van der Waals surface area contributed by atoms with E-state index in [-0.39, 0.29) is 0 Å². The quantitative estimate of drug-likeness (QED) is 0.551. The van der Waals surface area contributed by atoms with Crippen LogP contribution in [-0.2, 0) is 6.54 Å². The number of nitrogens with zero attached hydrogens (tertiary/aromatic N) is 2. The fraction of sp³-hybridized carbons (Fsp3) is 0.250. The summed E-state index contributed by atoms with van der Waals surface area (Å²) in [5.74, 6) is 0. The van der Waals surface area contributed by atoms with Gasteiger partial charge in [0, 0.05) is 6.07 Å². The Morgan fingerprint density at radius 1 is 1.20 bits per heavy atom. The van der Waals surface area contributed by atoms with E-state index in [0.29, 0.717) is 10.9 Å². The maximum Gasteiger partial charge on any atom is 0.195 e. The fourth-order valence-corrected chi connectivity index (χ4v) is 3.10. The molecule has 1 aromatic carbocycles. The standard InChI is InChI=1S/C12H12BrN2/c13-11-9-14-7-4-8-15(14)12(11)10-5-2-1-3-6-10/h1-8,11-12H,9H2/q+1. The van der Waals surface area contributed by atoms with Crippen LogP contribution in [0.4, 0.5) is 0 Å². The molecule has 1 aliphatic heterocycles. The second-order valence-corrected chi connectivity index (χ2v) is 5.04. The Morgan fingerprint density at radius 3 is 2.80 bits per heavy atom. The Balaban J connectivity index is 2.07. The van der Waals surface area contributed by atoms with Gasteiger partial charge in [-0.1, -0.05) is 46.3 Å². The molecule has 2 unspecified atom stereocenters. The Labute approximate surface area is 97.3 Å². The van der Waals surface area contributed by atoms with Gasteiger partial charge in [-0.25, -0.2) is 0 Å². The highest BCUT2D eigenvalue weighted by Crippen LogP contribution is 2.29. The van der Waals surface area contributed by atoms with Crippen LogP contribution in [-0.4, -0.2) is 9.51 Å². The number of hydrogen-bond donors (Lipinski definition) is 0. The number of alkyl halides is 1. The van der Waals surface area contributed by atoms with E-state index >= 15 is 0 Å². The lowest BCUT2D eigenvalue weighted by Crippen LogP contribution is -2.36. The third-order valence-corrected chi connectivity index (χ3v) is 3.71. The molecule has 3 rings (SSSR count). The van der Waals surface area contributed by atoms with Gasteiger partial charge in [0.2, 0.25) is 0 Å². The van der Waals surface area contributed by atoms with Crippen LogP contribution in [0.3, 0.4) is 0 Å². The highest BCUT2D eigenvalue weighted by atomic mass is 79.9. The summed E-state index contributed by atoms with van der Waals surface area (Å²) >= 11 is 3.76. The van der Waals surface area contributed by atoms with E-state index in [4.69, 9.17) is 0 Å². The predicted octanol–water partition coefficient (Wildman–Crippen LogP) is 2.14. The van der Waals surface area contributed by atoms with E-state index < -0.39 is 0 Å². The van der Waals surface area contributed by atoms with Gasteiger partial charge in [0.1, 0.15) is 10.9 Å². The zero-order valence-corrected chi connectivity index (χ0v) is 9.84. The summed E-state index contributed by atoms with van der Waals surface area (Å²) in [4.78, 5) is 0.487. The van der Waals surface area contributed by atoms with Crippen molar-refractivity contribution >= 4 is 15.9 Å². The number of fused-ring (bicyclic) bond motifs is 1. The maximum absolute atomic E-state index is 3.76. The molecule has 0 spiro atoms. The lowest BCUT2D eigenvalue weighted by atomic mass is 10.1. The Morgan fingerprint density at radius 2 is 2.00 bits per heavy atom. The molecule has 0 aliphatic carbocycles. The fourth-order valence-electron chi connectivity index (χ4n) is 2.25. The van der Waals surface area contributed by atoms with Gasteiger partial charge in [-0.3, -0.25) is 0 Å². The van der Waals surface area contributed by atoms with E-state index in [1.54, 1.807) is 0 Å². The Hall–Kier alpha value is -1.09. The van der Waals surface area contributed by atoms with Crippen LogP contribution >= 0.6 is 15.9 Å². The molecule has 2 nitrogen and oxygen atoms in total. The lowest BCUT2D eigenvalue weighted by molar-refractivity contribution is -0.757. The average molecular weight is 264 g/mol. The van der Waals surface area contributed by atoms with Crippen LogP contribution in [0.5, 0.6) is 0 Å². The van der Waals surface area contributed by atoms with Crippen LogP contribution < -0.4 is 4.68 Å². The molecular formula is C12H12BrN2+. The maximum atomic E-state index is 3.76. The zero-order chi connectivity index (χ0) is 10.3. The van der Waals surface area contributed by atoms with Gasteiger partial charge in [-0.05, 0) is 5.56 Å². The van der Waals surface area contributed by atoms with Crippen LogP contribution in [0, 0.1) is 0 Å².